The summed E-state index contributed by atoms with van der Waals surface area (Å²) in [5.74, 6) is -0.369. The zero-order valence-corrected chi connectivity index (χ0v) is 15.2. The van der Waals surface area contributed by atoms with Crippen LogP contribution in [0.25, 0.3) is 11.1 Å². The Morgan fingerprint density at radius 2 is 1.50 bits per heavy atom. The molecule has 5 nitrogen and oxygen atoms in total. The van der Waals surface area contributed by atoms with E-state index in [4.69, 9.17) is 5.73 Å². The third-order valence-electron chi connectivity index (χ3n) is 4.83. The normalized spacial score (nSPS) is 14.2. The summed E-state index contributed by atoms with van der Waals surface area (Å²) in [7, 11) is 0. The smallest absolute Gasteiger partial charge is 0.242 e. The number of nitrogens with one attached hydrogen (secondary N) is 1. The van der Waals surface area contributed by atoms with Gasteiger partial charge in [-0.1, -0.05) is 62.4 Å². The van der Waals surface area contributed by atoms with Crippen molar-refractivity contribution < 1.29 is 9.59 Å². The lowest BCUT2D eigenvalue weighted by atomic mass is 9.97. The van der Waals surface area contributed by atoms with Gasteiger partial charge in [-0.2, -0.15) is 0 Å². The van der Waals surface area contributed by atoms with Crippen molar-refractivity contribution in [1.29, 1.82) is 0 Å². The number of rotatable bonds is 4. The molecule has 3 rings (SSSR count). The highest BCUT2D eigenvalue weighted by Gasteiger charge is 2.24. The van der Waals surface area contributed by atoms with E-state index in [2.05, 4.69) is 17.4 Å². The number of nitrogens with zero attached hydrogens (tertiary/aromatic N) is 1. The van der Waals surface area contributed by atoms with Gasteiger partial charge in [0.05, 0.1) is 12.6 Å². The van der Waals surface area contributed by atoms with Gasteiger partial charge >= 0.3 is 0 Å². The predicted molar refractivity (Wildman–Crippen MR) is 102 cm³/mol. The lowest BCUT2D eigenvalue weighted by Crippen LogP contribution is -2.47. The van der Waals surface area contributed by atoms with Gasteiger partial charge in [-0.3, -0.25) is 9.59 Å². The maximum atomic E-state index is 12.7. The molecule has 1 atom stereocenters. The van der Waals surface area contributed by atoms with Crippen LogP contribution in [0.3, 0.4) is 0 Å². The number of benzene rings is 2. The summed E-state index contributed by atoms with van der Waals surface area (Å²) >= 11 is 0. The minimum atomic E-state index is -0.603. The van der Waals surface area contributed by atoms with Crippen LogP contribution in [0.5, 0.6) is 0 Å². The van der Waals surface area contributed by atoms with Gasteiger partial charge in [0.1, 0.15) is 0 Å². The highest BCUT2D eigenvalue weighted by molar-refractivity contribution is 5.88. The molecule has 2 amide bonds. The summed E-state index contributed by atoms with van der Waals surface area (Å²) in [4.78, 5) is 26.6. The van der Waals surface area contributed by atoms with Crippen molar-refractivity contribution in [2.24, 2.45) is 11.7 Å². The Morgan fingerprint density at radius 1 is 1.00 bits per heavy atom. The molecule has 136 valence electrons. The molecule has 0 saturated heterocycles. The van der Waals surface area contributed by atoms with E-state index in [0.717, 1.165) is 22.3 Å². The lowest BCUT2D eigenvalue weighted by molar-refractivity contribution is -0.134. The second kappa shape index (κ2) is 7.70. The van der Waals surface area contributed by atoms with Crippen LogP contribution in [-0.4, -0.2) is 29.3 Å². The van der Waals surface area contributed by atoms with Crippen molar-refractivity contribution >= 4 is 11.8 Å². The fourth-order valence-electron chi connectivity index (χ4n) is 3.18. The summed E-state index contributed by atoms with van der Waals surface area (Å²) in [6.45, 7) is 4.78. The van der Waals surface area contributed by atoms with Crippen molar-refractivity contribution in [3.63, 3.8) is 0 Å². The van der Waals surface area contributed by atoms with Crippen LogP contribution in [-0.2, 0) is 22.7 Å². The molecule has 1 aliphatic rings. The summed E-state index contributed by atoms with van der Waals surface area (Å²) < 4.78 is 0. The first kappa shape index (κ1) is 18.1. The number of hydrogen-bond acceptors (Lipinski definition) is 3. The average molecular weight is 351 g/mol. The second-order valence-electron chi connectivity index (χ2n) is 7.05. The largest absolute Gasteiger partial charge is 0.346 e. The molecule has 2 aromatic rings. The molecule has 1 aliphatic heterocycles. The third kappa shape index (κ3) is 3.78. The summed E-state index contributed by atoms with van der Waals surface area (Å²) in [5, 5.41) is 2.67. The molecule has 0 bridgehead atoms. The fourth-order valence-corrected chi connectivity index (χ4v) is 3.18. The zero-order chi connectivity index (χ0) is 18.7. The third-order valence-corrected chi connectivity index (χ3v) is 4.83. The zero-order valence-electron chi connectivity index (χ0n) is 15.2. The molecule has 26 heavy (non-hydrogen) atoms. The van der Waals surface area contributed by atoms with Crippen molar-refractivity contribution in [1.82, 2.24) is 10.2 Å². The number of amides is 2. The molecular weight excluding hydrogens is 326 g/mol. The molecule has 5 heteroatoms. The van der Waals surface area contributed by atoms with E-state index >= 15 is 0 Å². The molecular formula is C21H25N3O2. The topological polar surface area (TPSA) is 75.4 Å². The van der Waals surface area contributed by atoms with Crippen LogP contribution in [0, 0.1) is 5.92 Å². The Hall–Kier alpha value is -2.66. The molecule has 0 spiro atoms. The van der Waals surface area contributed by atoms with Crippen LogP contribution in [0.4, 0.5) is 0 Å². The van der Waals surface area contributed by atoms with Gasteiger partial charge in [0.2, 0.25) is 11.8 Å². The van der Waals surface area contributed by atoms with Crippen molar-refractivity contribution in [2.75, 3.05) is 6.54 Å². The Labute approximate surface area is 154 Å². The molecule has 0 aromatic heterocycles. The van der Waals surface area contributed by atoms with Crippen LogP contribution >= 0.6 is 0 Å². The molecule has 0 radical (unpaired) electrons. The number of carbonyl (C=O) groups is 2. The first-order valence-corrected chi connectivity index (χ1v) is 8.94. The average Bonchev–Trinajstić information content (AvgIpc) is 2.82. The molecule has 2 aromatic carbocycles. The van der Waals surface area contributed by atoms with Gasteiger partial charge in [-0.15, -0.1) is 0 Å². The van der Waals surface area contributed by atoms with E-state index in [-0.39, 0.29) is 24.3 Å². The highest BCUT2D eigenvalue weighted by Crippen LogP contribution is 2.32. The lowest BCUT2D eigenvalue weighted by Gasteiger charge is -2.22. The number of hydrogen-bond donors (Lipinski definition) is 2. The summed E-state index contributed by atoms with van der Waals surface area (Å²) in [5.41, 5.74) is 10.4. The first-order valence-electron chi connectivity index (χ1n) is 8.94. The van der Waals surface area contributed by atoms with Crippen LogP contribution < -0.4 is 11.1 Å². The first-order chi connectivity index (χ1) is 12.5. The van der Waals surface area contributed by atoms with Gasteiger partial charge < -0.3 is 16.0 Å². The monoisotopic (exact) mass is 351 g/mol. The summed E-state index contributed by atoms with van der Waals surface area (Å²) in [6, 6.07) is 15.7. The molecule has 0 aliphatic carbocycles. The van der Waals surface area contributed by atoms with E-state index in [1.807, 2.05) is 50.2 Å². The van der Waals surface area contributed by atoms with Gasteiger partial charge in [-0.05, 0) is 28.2 Å². The molecule has 1 heterocycles. The van der Waals surface area contributed by atoms with Gasteiger partial charge in [-0.25, -0.2) is 0 Å². The Balaban J connectivity index is 1.78. The number of nitrogens with two attached hydrogens (primary N) is 1. The maximum Gasteiger partial charge on any atom is 0.242 e. The molecule has 3 N–H and O–H groups in total. The van der Waals surface area contributed by atoms with Crippen molar-refractivity contribution in [3.8, 4) is 11.1 Å². The minimum absolute atomic E-state index is 0.0297. The Morgan fingerprint density at radius 3 is 2.00 bits per heavy atom. The van der Waals surface area contributed by atoms with Crippen LogP contribution in [0.15, 0.2) is 48.5 Å². The second-order valence-corrected chi connectivity index (χ2v) is 7.05. The quantitative estimate of drug-likeness (QED) is 0.887. The van der Waals surface area contributed by atoms with E-state index in [0.29, 0.717) is 13.1 Å². The van der Waals surface area contributed by atoms with Gasteiger partial charge in [0.25, 0.3) is 0 Å². The van der Waals surface area contributed by atoms with E-state index in [9.17, 15) is 9.59 Å². The van der Waals surface area contributed by atoms with Crippen LogP contribution in [0.1, 0.15) is 25.0 Å². The summed E-state index contributed by atoms with van der Waals surface area (Å²) in [6.07, 6.45) is 0. The Bertz CT molecular complexity index is 769. The fraction of sp³-hybridized carbons (Fsp3) is 0.333. The molecule has 0 unspecified atom stereocenters. The van der Waals surface area contributed by atoms with Crippen LogP contribution in [0.2, 0.25) is 0 Å². The maximum absolute atomic E-state index is 12.7. The molecule has 0 fully saturated rings. The van der Waals surface area contributed by atoms with Gasteiger partial charge in [0, 0.05) is 13.1 Å². The number of fused-ring (bicyclic) bond motifs is 3. The Kier molecular flexibility index (Phi) is 5.38. The molecule has 0 saturated carbocycles. The minimum Gasteiger partial charge on any atom is -0.346 e. The van der Waals surface area contributed by atoms with Gasteiger partial charge in [0.15, 0.2) is 0 Å². The van der Waals surface area contributed by atoms with E-state index in [1.165, 1.54) is 0 Å². The van der Waals surface area contributed by atoms with E-state index < -0.39 is 6.04 Å². The van der Waals surface area contributed by atoms with Crippen molar-refractivity contribution in [2.45, 2.75) is 33.0 Å². The standard InChI is InChI=1S/C21H25N3O2/c1-14(2)20(22)21(26)23-11-19(25)24-12-15-7-3-5-9-17(15)18-10-6-4-8-16(18)13-24/h3-10,14,20H,11-13,22H2,1-2H3,(H,23,26)/t20-/m0/s1. The van der Waals surface area contributed by atoms with E-state index in [1.54, 1.807) is 4.90 Å². The van der Waals surface area contributed by atoms with Crippen molar-refractivity contribution in [3.05, 3.63) is 59.7 Å². The predicted octanol–water partition coefficient (Wildman–Crippen LogP) is 2.30. The SMILES string of the molecule is CC(C)[C@H](N)C(=O)NCC(=O)N1Cc2ccccc2-c2ccccc2C1. The number of carbonyl (C=O) groups excluding carboxylic acids is 2. The highest BCUT2D eigenvalue weighted by atomic mass is 16.2.